The summed E-state index contributed by atoms with van der Waals surface area (Å²) >= 11 is 0. The molecule has 1 aromatic rings. The van der Waals surface area contributed by atoms with E-state index in [0.717, 1.165) is 36.6 Å². The molecule has 6 nitrogen and oxygen atoms in total. The van der Waals surface area contributed by atoms with Gasteiger partial charge in [0.1, 0.15) is 0 Å². The van der Waals surface area contributed by atoms with E-state index in [1.165, 1.54) is 6.42 Å². The highest BCUT2D eigenvalue weighted by molar-refractivity contribution is 5.78. The minimum absolute atomic E-state index is 0.0949. The molecular formula is C16H28N4O2. The van der Waals surface area contributed by atoms with E-state index in [2.05, 4.69) is 22.2 Å². The Labute approximate surface area is 132 Å². The van der Waals surface area contributed by atoms with E-state index >= 15 is 0 Å². The largest absolute Gasteiger partial charge is 0.383 e. The van der Waals surface area contributed by atoms with Gasteiger partial charge in [-0.15, -0.1) is 0 Å². The summed E-state index contributed by atoms with van der Waals surface area (Å²) in [6, 6.07) is 0. The van der Waals surface area contributed by atoms with Crippen LogP contribution in [0.1, 0.15) is 30.3 Å². The average Bonchev–Trinajstić information content (AvgIpc) is 2.99. The molecule has 22 heavy (non-hydrogen) atoms. The molecule has 1 aliphatic heterocycles. The first-order valence-electron chi connectivity index (χ1n) is 8.02. The van der Waals surface area contributed by atoms with Crippen LogP contribution in [0, 0.1) is 19.8 Å². The molecule has 6 heteroatoms. The molecule has 1 aromatic heterocycles. The van der Waals surface area contributed by atoms with Gasteiger partial charge in [-0.2, -0.15) is 5.10 Å². The Kier molecular flexibility index (Phi) is 5.97. The average molecular weight is 308 g/mol. The summed E-state index contributed by atoms with van der Waals surface area (Å²) in [5.41, 5.74) is 3.19. The van der Waals surface area contributed by atoms with Crippen molar-refractivity contribution < 1.29 is 9.53 Å². The van der Waals surface area contributed by atoms with Crippen molar-refractivity contribution in [2.24, 2.45) is 5.92 Å². The van der Waals surface area contributed by atoms with Crippen LogP contribution in [0.3, 0.4) is 0 Å². The van der Waals surface area contributed by atoms with Crippen LogP contribution in [0.2, 0.25) is 0 Å². The Morgan fingerprint density at radius 2 is 2.23 bits per heavy atom. The number of aryl methyl sites for hydroxylation is 1. The standard InChI is InChI=1S/C16H28N4O2/c1-12-5-6-19(10-12)11-16(21)17-9-15-13(2)18-20(14(15)3)7-8-22-4/h12H,5-11H2,1-4H3,(H,17,21). The second-order valence-electron chi connectivity index (χ2n) is 6.27. The Hall–Kier alpha value is -1.40. The second-order valence-corrected chi connectivity index (χ2v) is 6.27. The number of ether oxygens (including phenoxy) is 1. The highest BCUT2D eigenvalue weighted by atomic mass is 16.5. The maximum atomic E-state index is 12.1. The first-order valence-corrected chi connectivity index (χ1v) is 8.02. The number of nitrogens with zero attached hydrogens (tertiary/aromatic N) is 3. The van der Waals surface area contributed by atoms with E-state index in [4.69, 9.17) is 4.74 Å². The predicted octanol–water partition coefficient (Wildman–Crippen LogP) is 1.10. The van der Waals surface area contributed by atoms with Crippen molar-refractivity contribution in [1.82, 2.24) is 20.0 Å². The molecule has 2 rings (SSSR count). The van der Waals surface area contributed by atoms with Crippen LogP contribution in [0.25, 0.3) is 0 Å². The summed E-state index contributed by atoms with van der Waals surface area (Å²) in [5, 5.41) is 7.54. The Morgan fingerprint density at radius 1 is 1.45 bits per heavy atom. The lowest BCUT2D eigenvalue weighted by Crippen LogP contribution is -2.35. The predicted molar refractivity (Wildman–Crippen MR) is 85.6 cm³/mol. The molecule has 1 atom stereocenters. The second kappa shape index (κ2) is 7.74. The molecule has 1 amide bonds. The van der Waals surface area contributed by atoms with Crippen molar-refractivity contribution in [1.29, 1.82) is 0 Å². The van der Waals surface area contributed by atoms with Gasteiger partial charge in [-0.1, -0.05) is 6.92 Å². The SMILES string of the molecule is COCCn1nc(C)c(CNC(=O)CN2CCC(C)C2)c1C. The van der Waals surface area contributed by atoms with Crippen molar-refractivity contribution in [2.45, 2.75) is 40.3 Å². The highest BCUT2D eigenvalue weighted by Gasteiger charge is 2.21. The Bertz CT molecular complexity index is 512. The summed E-state index contributed by atoms with van der Waals surface area (Å²) in [6.07, 6.45) is 1.19. The van der Waals surface area contributed by atoms with Crippen LogP contribution in [-0.4, -0.2) is 53.9 Å². The normalized spacial score (nSPS) is 18.8. The number of likely N-dealkylation sites (tertiary alicyclic amines) is 1. The number of hydrogen-bond donors (Lipinski definition) is 1. The third-order valence-electron chi connectivity index (χ3n) is 4.38. The molecule has 0 radical (unpaired) electrons. The van der Waals surface area contributed by atoms with Crippen LogP contribution < -0.4 is 5.32 Å². The zero-order chi connectivity index (χ0) is 16.1. The van der Waals surface area contributed by atoms with Crippen LogP contribution in [0.5, 0.6) is 0 Å². The third-order valence-corrected chi connectivity index (χ3v) is 4.38. The number of aromatic nitrogens is 2. The fourth-order valence-electron chi connectivity index (χ4n) is 3.00. The molecule has 1 fully saturated rings. The molecule has 1 saturated heterocycles. The molecule has 0 saturated carbocycles. The van der Waals surface area contributed by atoms with Crippen molar-refractivity contribution in [3.63, 3.8) is 0 Å². The van der Waals surface area contributed by atoms with Crippen LogP contribution in [0.4, 0.5) is 0 Å². The Morgan fingerprint density at radius 3 is 2.86 bits per heavy atom. The van der Waals surface area contributed by atoms with Crippen LogP contribution in [-0.2, 0) is 22.6 Å². The maximum Gasteiger partial charge on any atom is 0.234 e. The van der Waals surface area contributed by atoms with Gasteiger partial charge >= 0.3 is 0 Å². The number of carbonyl (C=O) groups excluding carboxylic acids is 1. The maximum absolute atomic E-state index is 12.1. The third kappa shape index (κ3) is 4.30. The number of nitrogens with one attached hydrogen (secondary N) is 1. The van der Waals surface area contributed by atoms with Gasteiger partial charge in [0.25, 0.3) is 0 Å². The first kappa shape index (κ1) is 17.0. The van der Waals surface area contributed by atoms with Crippen molar-refractivity contribution in [3.05, 3.63) is 17.0 Å². The quantitative estimate of drug-likeness (QED) is 0.819. The lowest BCUT2D eigenvalue weighted by Gasteiger charge is -2.15. The fourth-order valence-corrected chi connectivity index (χ4v) is 3.00. The monoisotopic (exact) mass is 308 g/mol. The van der Waals surface area contributed by atoms with E-state index in [9.17, 15) is 4.79 Å². The van der Waals surface area contributed by atoms with Gasteiger partial charge in [-0.05, 0) is 32.7 Å². The topological polar surface area (TPSA) is 59.4 Å². The molecule has 124 valence electrons. The summed E-state index contributed by atoms with van der Waals surface area (Å²) in [5.74, 6) is 0.800. The van der Waals surface area contributed by atoms with Gasteiger partial charge < -0.3 is 10.1 Å². The smallest absolute Gasteiger partial charge is 0.234 e. The molecular weight excluding hydrogens is 280 g/mol. The van der Waals surface area contributed by atoms with Crippen molar-refractivity contribution in [2.75, 3.05) is 33.4 Å². The highest BCUT2D eigenvalue weighted by Crippen LogP contribution is 2.15. The van der Waals surface area contributed by atoms with Gasteiger partial charge in [0, 0.05) is 31.5 Å². The van der Waals surface area contributed by atoms with Gasteiger partial charge in [0.15, 0.2) is 0 Å². The van der Waals surface area contributed by atoms with Gasteiger partial charge in [0.2, 0.25) is 5.91 Å². The van der Waals surface area contributed by atoms with Gasteiger partial charge in [-0.25, -0.2) is 0 Å². The fraction of sp³-hybridized carbons (Fsp3) is 0.750. The molecule has 0 spiro atoms. The van der Waals surface area contributed by atoms with E-state index in [1.54, 1.807) is 7.11 Å². The van der Waals surface area contributed by atoms with Gasteiger partial charge in [0.05, 0.1) is 25.4 Å². The number of rotatable bonds is 7. The lowest BCUT2D eigenvalue weighted by molar-refractivity contribution is -0.122. The van der Waals surface area contributed by atoms with Crippen LogP contribution >= 0.6 is 0 Å². The molecule has 0 bridgehead atoms. The molecule has 0 aliphatic carbocycles. The minimum atomic E-state index is 0.0949. The number of hydrogen-bond acceptors (Lipinski definition) is 4. The Balaban J connectivity index is 1.85. The minimum Gasteiger partial charge on any atom is -0.383 e. The molecule has 0 aromatic carbocycles. The molecule has 2 heterocycles. The summed E-state index contributed by atoms with van der Waals surface area (Å²) in [6.45, 7) is 10.7. The van der Waals surface area contributed by atoms with E-state index in [0.29, 0.717) is 25.6 Å². The molecule has 1 N–H and O–H groups in total. The van der Waals surface area contributed by atoms with E-state index < -0.39 is 0 Å². The van der Waals surface area contributed by atoms with E-state index in [-0.39, 0.29) is 5.91 Å². The summed E-state index contributed by atoms with van der Waals surface area (Å²) in [4.78, 5) is 14.3. The van der Waals surface area contributed by atoms with Crippen molar-refractivity contribution in [3.8, 4) is 0 Å². The number of methoxy groups -OCH3 is 1. The summed E-state index contributed by atoms with van der Waals surface area (Å²) < 4.78 is 7.04. The number of amides is 1. The lowest BCUT2D eigenvalue weighted by atomic mass is 10.2. The van der Waals surface area contributed by atoms with Gasteiger partial charge in [-0.3, -0.25) is 14.4 Å². The number of carbonyl (C=O) groups is 1. The van der Waals surface area contributed by atoms with E-state index in [1.807, 2.05) is 18.5 Å². The zero-order valence-electron chi connectivity index (χ0n) is 14.2. The molecule has 1 unspecified atom stereocenters. The van der Waals surface area contributed by atoms with Crippen LogP contribution in [0.15, 0.2) is 0 Å². The summed E-state index contributed by atoms with van der Waals surface area (Å²) in [7, 11) is 1.69. The van der Waals surface area contributed by atoms with Crippen molar-refractivity contribution >= 4 is 5.91 Å². The molecule has 1 aliphatic rings. The first-order chi connectivity index (χ1) is 10.5. The zero-order valence-corrected chi connectivity index (χ0v) is 14.2.